The molecule has 1 aromatic carbocycles. The molecule has 24 heavy (non-hydrogen) atoms. The van der Waals surface area contributed by atoms with E-state index in [9.17, 15) is 5.11 Å². The first-order valence-corrected chi connectivity index (χ1v) is 6.96. The standard InChI is InChI=1S/C16H14N4O4/c1-22-12-8-13(23-2)20-16(19-12)17-9-11-15(21)24-14(18-11)10-6-4-3-5-7-10/h3-9,21H,1-2H3. The molecule has 0 aliphatic rings. The van der Waals surface area contributed by atoms with Crippen LogP contribution in [-0.4, -0.2) is 40.5 Å². The van der Waals surface area contributed by atoms with Gasteiger partial charge in [-0.15, -0.1) is 0 Å². The normalized spacial score (nSPS) is 10.9. The summed E-state index contributed by atoms with van der Waals surface area (Å²) in [5.41, 5.74) is 0.908. The van der Waals surface area contributed by atoms with Crippen LogP contribution in [0.2, 0.25) is 0 Å². The van der Waals surface area contributed by atoms with Gasteiger partial charge in [0, 0.05) is 5.56 Å². The van der Waals surface area contributed by atoms with Crippen molar-refractivity contribution in [1.29, 1.82) is 0 Å². The Morgan fingerprint density at radius 1 is 1.04 bits per heavy atom. The Balaban J connectivity index is 1.89. The predicted molar refractivity (Wildman–Crippen MR) is 86.0 cm³/mol. The van der Waals surface area contributed by atoms with Gasteiger partial charge in [-0.25, -0.2) is 9.98 Å². The van der Waals surface area contributed by atoms with Gasteiger partial charge in [-0.3, -0.25) is 0 Å². The Morgan fingerprint density at radius 3 is 2.33 bits per heavy atom. The molecule has 2 heterocycles. The molecule has 0 saturated carbocycles. The first kappa shape index (κ1) is 15.5. The fraction of sp³-hybridized carbons (Fsp3) is 0.125. The van der Waals surface area contributed by atoms with Crippen LogP contribution in [0.25, 0.3) is 11.5 Å². The van der Waals surface area contributed by atoms with Crippen LogP contribution in [0.1, 0.15) is 5.69 Å². The quantitative estimate of drug-likeness (QED) is 0.719. The molecule has 122 valence electrons. The minimum Gasteiger partial charge on any atom is -0.481 e. The summed E-state index contributed by atoms with van der Waals surface area (Å²) in [5, 5.41) is 9.86. The molecule has 0 amide bonds. The van der Waals surface area contributed by atoms with Crippen molar-refractivity contribution in [3.63, 3.8) is 0 Å². The Morgan fingerprint density at radius 2 is 1.71 bits per heavy atom. The van der Waals surface area contributed by atoms with Gasteiger partial charge in [0.1, 0.15) is 0 Å². The number of nitrogens with zero attached hydrogens (tertiary/aromatic N) is 4. The van der Waals surface area contributed by atoms with Gasteiger partial charge in [-0.2, -0.15) is 9.97 Å². The molecule has 8 nitrogen and oxygen atoms in total. The van der Waals surface area contributed by atoms with Crippen LogP contribution >= 0.6 is 0 Å². The molecule has 1 N–H and O–H groups in total. The maximum absolute atomic E-state index is 9.86. The average molecular weight is 326 g/mol. The fourth-order valence-corrected chi connectivity index (χ4v) is 1.89. The van der Waals surface area contributed by atoms with Gasteiger partial charge < -0.3 is 19.0 Å². The van der Waals surface area contributed by atoms with Gasteiger partial charge >= 0.3 is 5.95 Å². The number of aliphatic imine (C=N–C) groups is 1. The van der Waals surface area contributed by atoms with Gasteiger partial charge in [0.15, 0.2) is 5.69 Å². The Hall–Kier alpha value is -3.42. The Labute approximate surface area is 137 Å². The van der Waals surface area contributed by atoms with E-state index in [1.807, 2.05) is 30.3 Å². The number of aromatic hydroxyl groups is 1. The van der Waals surface area contributed by atoms with Crippen molar-refractivity contribution in [2.24, 2.45) is 4.99 Å². The first-order valence-electron chi connectivity index (χ1n) is 6.96. The van der Waals surface area contributed by atoms with Crippen molar-refractivity contribution in [2.45, 2.75) is 0 Å². The highest BCUT2D eigenvalue weighted by atomic mass is 16.5. The molecule has 0 bridgehead atoms. The summed E-state index contributed by atoms with van der Waals surface area (Å²) >= 11 is 0. The highest BCUT2D eigenvalue weighted by molar-refractivity contribution is 5.82. The minimum atomic E-state index is -0.340. The van der Waals surface area contributed by atoms with E-state index in [0.29, 0.717) is 17.7 Å². The maximum Gasteiger partial charge on any atom is 0.312 e. The summed E-state index contributed by atoms with van der Waals surface area (Å²) in [7, 11) is 2.95. The molecule has 0 aliphatic carbocycles. The molecule has 3 aromatic rings. The third-order valence-corrected chi connectivity index (χ3v) is 3.04. The van der Waals surface area contributed by atoms with Crippen molar-refractivity contribution >= 4 is 12.2 Å². The zero-order chi connectivity index (χ0) is 16.9. The summed E-state index contributed by atoms with van der Waals surface area (Å²) in [6.45, 7) is 0. The molecule has 0 unspecified atom stereocenters. The third-order valence-electron chi connectivity index (χ3n) is 3.04. The van der Waals surface area contributed by atoms with Gasteiger partial charge in [0.25, 0.3) is 5.95 Å². The second-order valence-electron chi connectivity index (χ2n) is 4.59. The summed E-state index contributed by atoms with van der Waals surface area (Å²) in [4.78, 5) is 16.4. The van der Waals surface area contributed by atoms with Crippen molar-refractivity contribution < 1.29 is 19.0 Å². The number of aromatic nitrogens is 3. The third kappa shape index (κ3) is 3.32. The van der Waals surface area contributed by atoms with E-state index in [1.165, 1.54) is 26.5 Å². The zero-order valence-corrected chi connectivity index (χ0v) is 13.0. The fourth-order valence-electron chi connectivity index (χ4n) is 1.89. The minimum absolute atomic E-state index is 0.106. The summed E-state index contributed by atoms with van der Waals surface area (Å²) in [6.07, 6.45) is 1.31. The van der Waals surface area contributed by atoms with Gasteiger partial charge in [0.05, 0.1) is 26.5 Å². The molecule has 0 atom stereocenters. The van der Waals surface area contributed by atoms with E-state index in [1.54, 1.807) is 0 Å². The van der Waals surface area contributed by atoms with Crippen molar-refractivity contribution in [3.8, 4) is 29.2 Å². The lowest BCUT2D eigenvalue weighted by Crippen LogP contribution is -1.94. The molecule has 2 aromatic heterocycles. The van der Waals surface area contributed by atoms with Gasteiger partial charge in [-0.1, -0.05) is 18.2 Å². The van der Waals surface area contributed by atoms with E-state index in [2.05, 4.69) is 19.9 Å². The molecule has 8 heteroatoms. The molecule has 3 rings (SSSR count). The number of methoxy groups -OCH3 is 2. The lowest BCUT2D eigenvalue weighted by Gasteiger charge is -2.02. The highest BCUT2D eigenvalue weighted by Gasteiger charge is 2.12. The molecule has 0 radical (unpaired) electrons. The maximum atomic E-state index is 9.86. The molecular formula is C16H14N4O4. The second kappa shape index (κ2) is 6.78. The summed E-state index contributed by atoms with van der Waals surface area (Å²) in [6, 6.07) is 10.7. The van der Waals surface area contributed by atoms with E-state index in [4.69, 9.17) is 13.9 Å². The Bertz CT molecular complexity index is 840. The predicted octanol–water partition coefficient (Wildman–Crippen LogP) is 2.61. The van der Waals surface area contributed by atoms with E-state index >= 15 is 0 Å². The van der Waals surface area contributed by atoms with Gasteiger partial charge in [0.2, 0.25) is 17.7 Å². The molecular weight excluding hydrogens is 312 g/mol. The Kier molecular flexibility index (Phi) is 4.37. The second-order valence-corrected chi connectivity index (χ2v) is 4.59. The topological polar surface area (TPSA) is 103 Å². The molecule has 0 fully saturated rings. The van der Waals surface area contributed by atoms with Crippen LogP contribution in [0, 0.1) is 0 Å². The van der Waals surface area contributed by atoms with Crippen molar-refractivity contribution in [3.05, 3.63) is 42.1 Å². The lowest BCUT2D eigenvalue weighted by atomic mass is 10.2. The smallest absolute Gasteiger partial charge is 0.312 e. The first-order chi connectivity index (χ1) is 11.7. The van der Waals surface area contributed by atoms with Crippen molar-refractivity contribution in [2.75, 3.05) is 14.2 Å². The zero-order valence-electron chi connectivity index (χ0n) is 13.0. The van der Waals surface area contributed by atoms with Crippen molar-refractivity contribution in [1.82, 2.24) is 15.0 Å². The molecule has 0 saturated heterocycles. The molecule has 0 spiro atoms. The lowest BCUT2D eigenvalue weighted by molar-refractivity contribution is 0.337. The van der Waals surface area contributed by atoms with Crippen LogP contribution in [0.4, 0.5) is 5.95 Å². The van der Waals surface area contributed by atoms with E-state index in [0.717, 1.165) is 5.56 Å². The molecule has 0 aliphatic heterocycles. The average Bonchev–Trinajstić information content (AvgIpc) is 3.01. The van der Waals surface area contributed by atoms with Crippen LogP contribution < -0.4 is 9.47 Å². The van der Waals surface area contributed by atoms with Gasteiger partial charge in [-0.05, 0) is 12.1 Å². The van der Waals surface area contributed by atoms with Crippen LogP contribution in [0.15, 0.2) is 45.8 Å². The number of oxazole rings is 1. The highest BCUT2D eigenvalue weighted by Crippen LogP contribution is 2.25. The number of hydrogen-bond donors (Lipinski definition) is 1. The summed E-state index contributed by atoms with van der Waals surface area (Å²) < 4.78 is 15.3. The monoisotopic (exact) mass is 326 g/mol. The number of benzene rings is 1. The summed E-state index contributed by atoms with van der Waals surface area (Å²) in [5.74, 6) is 0.674. The SMILES string of the molecule is COc1cc(OC)nc(N=Cc2nc(-c3ccccc3)oc2O)n1. The number of ether oxygens (including phenoxy) is 2. The van der Waals surface area contributed by atoms with E-state index < -0.39 is 0 Å². The van der Waals surface area contributed by atoms with Crippen LogP contribution in [0.5, 0.6) is 17.7 Å². The van der Waals surface area contributed by atoms with Crippen LogP contribution in [-0.2, 0) is 0 Å². The number of rotatable bonds is 5. The largest absolute Gasteiger partial charge is 0.481 e. The van der Waals surface area contributed by atoms with E-state index in [-0.39, 0.29) is 17.6 Å². The van der Waals surface area contributed by atoms with Crippen LogP contribution in [0.3, 0.4) is 0 Å². The number of hydrogen-bond acceptors (Lipinski definition) is 8.